The van der Waals surface area contributed by atoms with Gasteiger partial charge in [0.25, 0.3) is 5.91 Å². The van der Waals surface area contributed by atoms with Crippen molar-refractivity contribution in [2.24, 2.45) is 5.73 Å². The van der Waals surface area contributed by atoms with Crippen LogP contribution in [0.25, 0.3) is 0 Å². The van der Waals surface area contributed by atoms with Crippen molar-refractivity contribution in [1.82, 2.24) is 9.47 Å². The summed E-state index contributed by atoms with van der Waals surface area (Å²) in [6, 6.07) is 4.37. The van der Waals surface area contributed by atoms with Crippen LogP contribution in [0.2, 0.25) is 0 Å². The lowest BCUT2D eigenvalue weighted by atomic mass is 9.93. The fourth-order valence-corrected chi connectivity index (χ4v) is 2.05. The molecule has 0 bridgehead atoms. The number of nitrogens with two attached hydrogens (primary N) is 1. The van der Waals surface area contributed by atoms with Crippen molar-refractivity contribution in [2.75, 3.05) is 20.1 Å². The van der Waals surface area contributed by atoms with Gasteiger partial charge in [-0.1, -0.05) is 0 Å². The van der Waals surface area contributed by atoms with E-state index in [1.807, 2.05) is 18.3 Å². The van der Waals surface area contributed by atoms with Crippen LogP contribution in [0.1, 0.15) is 35.8 Å². The number of nitrogens with zero attached hydrogens (tertiary/aromatic N) is 2. The standard InChI is InChI=1S/C12H19N3O/c1-14(9-7-13)12(16)11-6-3-8-15(11)10-4-2-5-10/h3,6,8,10H,2,4-5,7,9,13H2,1H3. The third-order valence-corrected chi connectivity index (χ3v) is 3.28. The van der Waals surface area contributed by atoms with Crippen LogP contribution in [-0.4, -0.2) is 35.5 Å². The number of hydrogen-bond donors (Lipinski definition) is 1. The van der Waals surface area contributed by atoms with Gasteiger partial charge in [0.1, 0.15) is 5.69 Å². The molecule has 0 spiro atoms. The summed E-state index contributed by atoms with van der Waals surface area (Å²) < 4.78 is 2.11. The third kappa shape index (κ3) is 1.97. The maximum atomic E-state index is 12.1. The van der Waals surface area contributed by atoms with Gasteiger partial charge in [-0.15, -0.1) is 0 Å². The molecule has 0 unspecified atom stereocenters. The Kier molecular flexibility index (Phi) is 3.29. The Morgan fingerprint density at radius 2 is 2.38 bits per heavy atom. The normalized spacial score (nSPS) is 15.9. The molecule has 4 heteroatoms. The van der Waals surface area contributed by atoms with Gasteiger partial charge in [-0.05, 0) is 31.4 Å². The first-order chi connectivity index (χ1) is 7.74. The van der Waals surface area contributed by atoms with Crippen molar-refractivity contribution in [3.63, 3.8) is 0 Å². The van der Waals surface area contributed by atoms with E-state index in [0.29, 0.717) is 19.1 Å². The van der Waals surface area contributed by atoms with Crippen LogP contribution < -0.4 is 5.73 Å². The van der Waals surface area contributed by atoms with Crippen LogP contribution >= 0.6 is 0 Å². The van der Waals surface area contributed by atoms with Crippen LogP contribution in [-0.2, 0) is 0 Å². The molecule has 1 saturated carbocycles. The number of carbonyl (C=O) groups excluding carboxylic acids is 1. The quantitative estimate of drug-likeness (QED) is 0.831. The number of carbonyl (C=O) groups is 1. The summed E-state index contributed by atoms with van der Waals surface area (Å²) in [5.74, 6) is 0.0716. The molecule has 1 aromatic rings. The first kappa shape index (κ1) is 11.2. The molecule has 1 aliphatic carbocycles. The zero-order valence-electron chi connectivity index (χ0n) is 9.72. The van der Waals surface area contributed by atoms with Crippen molar-refractivity contribution in [2.45, 2.75) is 25.3 Å². The maximum absolute atomic E-state index is 12.1. The number of amides is 1. The summed E-state index contributed by atoms with van der Waals surface area (Å²) >= 11 is 0. The lowest BCUT2D eigenvalue weighted by Gasteiger charge is -2.29. The van der Waals surface area contributed by atoms with Gasteiger partial charge in [0.15, 0.2) is 0 Å². The minimum absolute atomic E-state index is 0.0716. The zero-order chi connectivity index (χ0) is 11.5. The fraction of sp³-hybridized carbons (Fsp3) is 0.583. The fourth-order valence-electron chi connectivity index (χ4n) is 2.05. The van der Waals surface area contributed by atoms with Crippen molar-refractivity contribution >= 4 is 5.91 Å². The maximum Gasteiger partial charge on any atom is 0.270 e. The summed E-state index contributed by atoms with van der Waals surface area (Å²) in [5.41, 5.74) is 6.25. The molecule has 0 radical (unpaired) electrons. The summed E-state index contributed by atoms with van der Waals surface area (Å²) in [7, 11) is 1.80. The molecule has 1 amide bonds. The Morgan fingerprint density at radius 1 is 1.62 bits per heavy atom. The summed E-state index contributed by atoms with van der Waals surface area (Å²) in [6.07, 6.45) is 5.66. The predicted molar refractivity (Wildman–Crippen MR) is 63.3 cm³/mol. The van der Waals surface area contributed by atoms with Gasteiger partial charge in [-0.3, -0.25) is 4.79 Å². The molecule has 1 fully saturated rings. The molecule has 0 aromatic carbocycles. The highest BCUT2D eigenvalue weighted by atomic mass is 16.2. The van der Waals surface area contributed by atoms with E-state index in [-0.39, 0.29) is 5.91 Å². The minimum Gasteiger partial charge on any atom is -0.340 e. The van der Waals surface area contributed by atoms with E-state index < -0.39 is 0 Å². The Bertz CT molecular complexity index is 368. The van der Waals surface area contributed by atoms with Crippen molar-refractivity contribution in [3.8, 4) is 0 Å². The number of hydrogen-bond acceptors (Lipinski definition) is 2. The van der Waals surface area contributed by atoms with E-state index in [4.69, 9.17) is 5.73 Å². The van der Waals surface area contributed by atoms with Crippen LogP contribution in [0, 0.1) is 0 Å². The molecule has 2 N–H and O–H groups in total. The molecule has 0 atom stereocenters. The lowest BCUT2D eigenvalue weighted by Crippen LogP contribution is -2.34. The van der Waals surface area contributed by atoms with E-state index >= 15 is 0 Å². The van der Waals surface area contributed by atoms with Crippen molar-refractivity contribution < 1.29 is 4.79 Å². The second kappa shape index (κ2) is 4.70. The van der Waals surface area contributed by atoms with E-state index in [0.717, 1.165) is 5.69 Å². The van der Waals surface area contributed by atoms with Gasteiger partial charge >= 0.3 is 0 Å². The topological polar surface area (TPSA) is 51.3 Å². The van der Waals surface area contributed by atoms with Gasteiger partial charge in [0.2, 0.25) is 0 Å². The highest BCUT2D eigenvalue weighted by Gasteiger charge is 2.24. The molecule has 0 aliphatic heterocycles. The highest BCUT2D eigenvalue weighted by Crippen LogP contribution is 2.32. The first-order valence-electron chi connectivity index (χ1n) is 5.86. The van der Waals surface area contributed by atoms with E-state index in [9.17, 15) is 4.79 Å². The molecule has 88 valence electrons. The molecule has 4 nitrogen and oxygen atoms in total. The Hall–Kier alpha value is -1.29. The molecule has 0 saturated heterocycles. The Balaban J connectivity index is 2.13. The lowest BCUT2D eigenvalue weighted by molar-refractivity contribution is 0.0782. The molecular formula is C12H19N3O. The van der Waals surface area contributed by atoms with E-state index in [2.05, 4.69) is 4.57 Å². The zero-order valence-corrected chi connectivity index (χ0v) is 9.72. The summed E-state index contributed by atoms with van der Waals surface area (Å²) in [6.45, 7) is 1.11. The molecule has 16 heavy (non-hydrogen) atoms. The average molecular weight is 221 g/mol. The Morgan fingerprint density at radius 3 is 2.94 bits per heavy atom. The van der Waals surface area contributed by atoms with Gasteiger partial charge in [-0.25, -0.2) is 0 Å². The van der Waals surface area contributed by atoms with Crippen LogP contribution in [0.4, 0.5) is 0 Å². The third-order valence-electron chi connectivity index (χ3n) is 3.28. The highest BCUT2D eigenvalue weighted by molar-refractivity contribution is 5.92. The largest absolute Gasteiger partial charge is 0.340 e. The molecule has 2 rings (SSSR count). The second-order valence-corrected chi connectivity index (χ2v) is 4.40. The van der Waals surface area contributed by atoms with Crippen LogP contribution in [0.15, 0.2) is 18.3 Å². The van der Waals surface area contributed by atoms with Crippen molar-refractivity contribution in [1.29, 1.82) is 0 Å². The number of aromatic nitrogens is 1. The number of rotatable bonds is 4. The van der Waals surface area contributed by atoms with E-state index in [1.165, 1.54) is 19.3 Å². The smallest absolute Gasteiger partial charge is 0.270 e. The van der Waals surface area contributed by atoms with Gasteiger partial charge in [-0.2, -0.15) is 0 Å². The summed E-state index contributed by atoms with van der Waals surface area (Å²) in [5, 5.41) is 0. The van der Waals surface area contributed by atoms with E-state index in [1.54, 1.807) is 11.9 Å². The summed E-state index contributed by atoms with van der Waals surface area (Å²) in [4.78, 5) is 13.8. The van der Waals surface area contributed by atoms with Gasteiger partial charge in [0, 0.05) is 32.4 Å². The molecular weight excluding hydrogens is 202 g/mol. The SMILES string of the molecule is CN(CCN)C(=O)c1cccn1C1CCC1. The Labute approximate surface area is 96.0 Å². The number of likely N-dealkylation sites (N-methyl/N-ethyl adjacent to an activating group) is 1. The van der Waals surface area contributed by atoms with Crippen molar-refractivity contribution in [3.05, 3.63) is 24.0 Å². The minimum atomic E-state index is 0.0716. The first-order valence-corrected chi connectivity index (χ1v) is 5.86. The molecule has 1 heterocycles. The predicted octanol–water partition coefficient (Wildman–Crippen LogP) is 1.24. The monoisotopic (exact) mass is 221 g/mol. The average Bonchev–Trinajstić information content (AvgIpc) is 2.63. The van der Waals surface area contributed by atoms with Gasteiger partial charge < -0.3 is 15.2 Å². The van der Waals surface area contributed by atoms with Crippen LogP contribution in [0.3, 0.4) is 0 Å². The molecule has 1 aromatic heterocycles. The molecule has 1 aliphatic rings. The van der Waals surface area contributed by atoms with Gasteiger partial charge in [0.05, 0.1) is 0 Å². The second-order valence-electron chi connectivity index (χ2n) is 4.40. The van der Waals surface area contributed by atoms with Crippen LogP contribution in [0.5, 0.6) is 0 Å².